The maximum absolute atomic E-state index is 9.29. The highest BCUT2D eigenvalue weighted by molar-refractivity contribution is 6.32. The Balaban J connectivity index is 2.51. The monoisotopic (exact) mass is 296 g/mol. The van der Waals surface area contributed by atoms with Gasteiger partial charge < -0.3 is 5.32 Å². The van der Waals surface area contributed by atoms with Crippen molar-refractivity contribution < 1.29 is 0 Å². The van der Waals surface area contributed by atoms with Crippen molar-refractivity contribution in [3.8, 4) is 6.07 Å². The third-order valence-corrected chi connectivity index (χ3v) is 3.81. The van der Waals surface area contributed by atoms with E-state index in [1.54, 1.807) is 12.1 Å². The van der Waals surface area contributed by atoms with Crippen LogP contribution in [-0.2, 0) is 0 Å². The summed E-state index contributed by atoms with van der Waals surface area (Å²) in [6, 6.07) is 7.88. The molecule has 0 aliphatic carbocycles. The van der Waals surface area contributed by atoms with Crippen molar-refractivity contribution in [3.05, 3.63) is 76.6 Å². The number of nitrogens with one attached hydrogen (secondary N) is 1. The van der Waals surface area contributed by atoms with Crippen LogP contribution >= 0.6 is 11.6 Å². The SMILES string of the molecule is C=C/C(=C\C(Cl)=C1/CCC(=C)N1)c1c(C)cccc1C#N. The Morgan fingerprint density at radius 3 is 2.76 bits per heavy atom. The molecule has 1 aromatic carbocycles. The van der Waals surface area contributed by atoms with Gasteiger partial charge in [0.25, 0.3) is 0 Å². The van der Waals surface area contributed by atoms with E-state index in [0.717, 1.165) is 40.9 Å². The Morgan fingerprint density at radius 1 is 1.43 bits per heavy atom. The van der Waals surface area contributed by atoms with Crippen LogP contribution in [0.4, 0.5) is 0 Å². The fourth-order valence-corrected chi connectivity index (χ4v) is 2.65. The van der Waals surface area contributed by atoms with E-state index in [9.17, 15) is 5.26 Å². The summed E-state index contributed by atoms with van der Waals surface area (Å²) in [7, 11) is 0. The molecule has 2 rings (SSSR count). The fourth-order valence-electron chi connectivity index (χ4n) is 2.39. The van der Waals surface area contributed by atoms with Gasteiger partial charge in [-0.15, -0.1) is 0 Å². The zero-order chi connectivity index (χ0) is 15.4. The molecule has 0 bridgehead atoms. The summed E-state index contributed by atoms with van der Waals surface area (Å²) in [6.45, 7) is 9.73. The van der Waals surface area contributed by atoms with E-state index in [-0.39, 0.29) is 0 Å². The molecule has 106 valence electrons. The van der Waals surface area contributed by atoms with Gasteiger partial charge in [-0.25, -0.2) is 0 Å². The quantitative estimate of drug-likeness (QED) is 0.815. The smallest absolute Gasteiger partial charge is 0.0998 e. The highest BCUT2D eigenvalue weighted by Gasteiger charge is 2.14. The number of benzene rings is 1. The molecule has 0 saturated carbocycles. The molecule has 0 unspecified atom stereocenters. The highest BCUT2D eigenvalue weighted by Crippen LogP contribution is 2.29. The first kappa shape index (κ1) is 15.2. The van der Waals surface area contributed by atoms with Crippen molar-refractivity contribution in [2.45, 2.75) is 19.8 Å². The molecule has 3 heteroatoms. The first-order chi connectivity index (χ1) is 10.1. The van der Waals surface area contributed by atoms with Crippen molar-refractivity contribution in [2.75, 3.05) is 0 Å². The molecule has 1 N–H and O–H groups in total. The zero-order valence-corrected chi connectivity index (χ0v) is 12.8. The molecule has 0 radical (unpaired) electrons. The van der Waals surface area contributed by atoms with E-state index >= 15 is 0 Å². The Bertz CT molecular complexity index is 702. The lowest BCUT2D eigenvalue weighted by molar-refractivity contribution is 1.05. The van der Waals surface area contributed by atoms with Gasteiger partial charge in [-0.3, -0.25) is 0 Å². The van der Waals surface area contributed by atoms with Crippen LogP contribution in [0.5, 0.6) is 0 Å². The number of rotatable bonds is 3. The number of halogens is 1. The van der Waals surface area contributed by atoms with Gasteiger partial charge in [0.2, 0.25) is 0 Å². The molecule has 0 spiro atoms. The summed E-state index contributed by atoms with van der Waals surface area (Å²) in [4.78, 5) is 0. The first-order valence-corrected chi connectivity index (χ1v) is 7.12. The first-order valence-electron chi connectivity index (χ1n) is 6.74. The molecule has 1 fully saturated rings. The number of hydrogen-bond donors (Lipinski definition) is 1. The van der Waals surface area contributed by atoms with Gasteiger partial charge in [-0.2, -0.15) is 5.26 Å². The summed E-state index contributed by atoms with van der Waals surface area (Å²) in [5.41, 5.74) is 5.32. The van der Waals surface area contributed by atoms with Gasteiger partial charge in [0.05, 0.1) is 16.7 Å². The normalized spacial score (nSPS) is 17.2. The standard InChI is InChI=1S/C18H17ClN2/c1-4-14(10-16(19)17-9-8-13(3)21-17)18-12(2)6-5-7-15(18)11-20/h4-7,10,21H,1,3,8-9H2,2H3/b14-10+,17-16-. The summed E-state index contributed by atoms with van der Waals surface area (Å²) in [5, 5.41) is 13.1. The van der Waals surface area contributed by atoms with Crippen molar-refractivity contribution in [1.82, 2.24) is 5.32 Å². The molecule has 0 atom stereocenters. The van der Waals surface area contributed by atoms with Crippen LogP contribution in [-0.4, -0.2) is 0 Å². The van der Waals surface area contributed by atoms with E-state index < -0.39 is 0 Å². The van der Waals surface area contributed by atoms with Gasteiger partial charge >= 0.3 is 0 Å². The zero-order valence-electron chi connectivity index (χ0n) is 12.0. The molecular weight excluding hydrogens is 280 g/mol. The van der Waals surface area contributed by atoms with E-state index in [0.29, 0.717) is 10.6 Å². The molecule has 1 aliphatic heterocycles. The van der Waals surface area contributed by atoms with Crippen LogP contribution in [0.2, 0.25) is 0 Å². The van der Waals surface area contributed by atoms with Gasteiger partial charge in [0.15, 0.2) is 0 Å². The second kappa shape index (κ2) is 6.47. The van der Waals surface area contributed by atoms with Gasteiger partial charge in [-0.1, -0.05) is 43.0 Å². The van der Waals surface area contributed by atoms with Crippen molar-refractivity contribution in [1.29, 1.82) is 5.26 Å². The molecule has 1 aromatic rings. The van der Waals surface area contributed by atoms with E-state index in [2.05, 4.69) is 24.5 Å². The fraction of sp³-hybridized carbons (Fsp3) is 0.167. The lowest BCUT2D eigenvalue weighted by atomic mass is 9.95. The largest absolute Gasteiger partial charge is 0.362 e. The Labute approximate surface area is 130 Å². The number of aryl methyl sites for hydroxylation is 1. The predicted molar refractivity (Wildman–Crippen MR) is 88.5 cm³/mol. The topological polar surface area (TPSA) is 35.8 Å². The maximum Gasteiger partial charge on any atom is 0.0998 e. The molecule has 0 aromatic heterocycles. The highest BCUT2D eigenvalue weighted by atomic mass is 35.5. The minimum atomic E-state index is 0.624. The number of nitrogens with zero attached hydrogens (tertiary/aromatic N) is 1. The van der Waals surface area contributed by atoms with Crippen LogP contribution in [0.15, 0.2) is 59.9 Å². The minimum Gasteiger partial charge on any atom is -0.362 e. The number of allylic oxidation sites excluding steroid dienone is 6. The number of nitriles is 1. The van der Waals surface area contributed by atoms with Crippen LogP contribution in [0.25, 0.3) is 5.57 Å². The third kappa shape index (κ3) is 3.26. The second-order valence-electron chi connectivity index (χ2n) is 4.97. The molecule has 21 heavy (non-hydrogen) atoms. The Kier molecular flexibility index (Phi) is 4.67. The average molecular weight is 297 g/mol. The summed E-state index contributed by atoms with van der Waals surface area (Å²) < 4.78 is 0. The maximum atomic E-state index is 9.29. The molecule has 1 saturated heterocycles. The van der Waals surface area contributed by atoms with Crippen molar-refractivity contribution >= 4 is 17.2 Å². The summed E-state index contributed by atoms with van der Waals surface area (Å²) >= 11 is 6.39. The summed E-state index contributed by atoms with van der Waals surface area (Å²) in [5.74, 6) is 0. The third-order valence-electron chi connectivity index (χ3n) is 3.48. The molecule has 1 heterocycles. The lowest BCUT2D eigenvalue weighted by Gasteiger charge is -2.10. The molecule has 1 aliphatic rings. The van der Waals surface area contributed by atoms with E-state index in [1.807, 2.05) is 25.1 Å². The molecule has 2 nitrogen and oxygen atoms in total. The Hall–Kier alpha value is -2.24. The lowest BCUT2D eigenvalue weighted by Crippen LogP contribution is -2.02. The van der Waals surface area contributed by atoms with Crippen LogP contribution in [0.3, 0.4) is 0 Å². The average Bonchev–Trinajstić information content (AvgIpc) is 2.91. The predicted octanol–water partition coefficient (Wildman–Crippen LogP) is 4.78. The minimum absolute atomic E-state index is 0.624. The van der Waals surface area contributed by atoms with Crippen LogP contribution in [0.1, 0.15) is 29.5 Å². The summed E-state index contributed by atoms with van der Waals surface area (Å²) in [6.07, 6.45) is 5.35. The van der Waals surface area contributed by atoms with Gasteiger partial charge in [0.1, 0.15) is 0 Å². The van der Waals surface area contributed by atoms with Crippen molar-refractivity contribution in [3.63, 3.8) is 0 Å². The van der Waals surface area contributed by atoms with Gasteiger partial charge in [-0.05, 0) is 43.0 Å². The molecule has 0 amide bonds. The number of hydrogen-bond acceptors (Lipinski definition) is 2. The van der Waals surface area contributed by atoms with E-state index in [1.165, 1.54) is 0 Å². The van der Waals surface area contributed by atoms with Crippen LogP contribution in [0, 0.1) is 18.3 Å². The van der Waals surface area contributed by atoms with E-state index in [4.69, 9.17) is 11.6 Å². The van der Waals surface area contributed by atoms with Gasteiger partial charge in [0, 0.05) is 17.0 Å². The second-order valence-corrected chi connectivity index (χ2v) is 5.38. The molecular formula is C18H17ClN2. The Morgan fingerprint density at radius 2 is 2.19 bits per heavy atom. The van der Waals surface area contributed by atoms with Crippen molar-refractivity contribution in [2.24, 2.45) is 0 Å². The van der Waals surface area contributed by atoms with Crippen LogP contribution < -0.4 is 5.32 Å².